The zero-order valence-electron chi connectivity index (χ0n) is 35.1. The van der Waals surface area contributed by atoms with Gasteiger partial charge in [0.2, 0.25) is 12.6 Å². The fourth-order valence-corrected chi connectivity index (χ4v) is 7.63. The Morgan fingerprint density at radius 2 is 1.28 bits per heavy atom. The third-order valence-electron chi connectivity index (χ3n) is 11.4. The highest BCUT2D eigenvalue weighted by atomic mass is 16.8. The maximum Gasteiger partial charge on any atom is 0.330 e. The molecule has 16 atom stereocenters. The summed E-state index contributed by atoms with van der Waals surface area (Å²) in [4.78, 5) is 12.9. The molecule has 0 radical (unpaired) electrons. The van der Waals surface area contributed by atoms with Crippen LogP contribution in [0.25, 0.3) is 12.2 Å². The average molecular weight is 952 g/mol. The zero-order chi connectivity index (χ0) is 48.4. The Kier molecular flexibility index (Phi) is 15.3. The van der Waals surface area contributed by atoms with Crippen molar-refractivity contribution in [2.24, 2.45) is 0 Å². The van der Waals surface area contributed by atoms with Gasteiger partial charge in [-0.3, -0.25) is 0 Å². The molecule has 16 unspecified atom stereocenters. The van der Waals surface area contributed by atoms with E-state index >= 15 is 0 Å². The van der Waals surface area contributed by atoms with E-state index in [9.17, 15) is 76.3 Å². The number of hydrogen-bond donors (Lipinski definition) is 14. The van der Waals surface area contributed by atoms with E-state index in [0.29, 0.717) is 5.56 Å². The fraction of sp³-hybridized carbons (Fsp3) is 0.465. The van der Waals surface area contributed by atoms with E-state index in [1.165, 1.54) is 49.6 Å². The second-order valence-electron chi connectivity index (χ2n) is 15.9. The molecule has 4 heterocycles. The van der Waals surface area contributed by atoms with Crippen LogP contribution in [-0.4, -0.2) is 201 Å². The van der Waals surface area contributed by atoms with E-state index in [4.69, 9.17) is 37.9 Å². The molecule has 3 fully saturated rings. The van der Waals surface area contributed by atoms with Crippen LogP contribution in [0.3, 0.4) is 0 Å². The van der Waals surface area contributed by atoms with Gasteiger partial charge in [0.25, 0.3) is 11.9 Å². The maximum atomic E-state index is 12.9. The van der Waals surface area contributed by atoms with Gasteiger partial charge in [-0.1, -0.05) is 6.07 Å². The molecule has 7 rings (SSSR count). The molecule has 15 N–H and O–H groups in total. The van der Waals surface area contributed by atoms with Crippen LogP contribution in [0.15, 0.2) is 60.4 Å². The number of phenolic OH excluding ortho intramolecular Hbond substituents is 4. The summed E-state index contributed by atoms with van der Waals surface area (Å²) in [6, 6.07) is 10.1. The van der Waals surface area contributed by atoms with Crippen molar-refractivity contribution in [2.75, 3.05) is 26.9 Å². The normalized spacial score (nSPS) is 34.1. The first kappa shape index (κ1) is 49.4. The van der Waals surface area contributed by atoms with Gasteiger partial charge in [0.15, 0.2) is 41.2 Å². The third-order valence-corrected chi connectivity index (χ3v) is 11.4. The molecule has 0 saturated carbocycles. The average Bonchev–Trinajstić information content (AvgIpc) is 3.31. The first-order valence-corrected chi connectivity index (χ1v) is 20.6. The van der Waals surface area contributed by atoms with Crippen LogP contribution in [0.4, 0.5) is 0 Å². The number of carbonyl (C=O) groups is 1. The van der Waals surface area contributed by atoms with E-state index in [2.05, 4.69) is 4.74 Å². The summed E-state index contributed by atoms with van der Waals surface area (Å²) in [7, 11) is 1.33. The minimum absolute atomic E-state index is 0.0182. The Balaban J connectivity index is 1.24. The van der Waals surface area contributed by atoms with Crippen LogP contribution in [0.2, 0.25) is 0 Å². The monoisotopic (exact) mass is 951 g/mol. The number of aromatic hydroxyl groups is 5. The number of hydrogen-bond acceptors (Lipinski definition) is 23. The second kappa shape index (κ2) is 20.8. The predicted octanol–water partition coefficient (Wildman–Crippen LogP) is -3.06. The van der Waals surface area contributed by atoms with E-state index in [-0.39, 0.29) is 39.9 Å². The molecule has 3 aromatic rings. The van der Waals surface area contributed by atoms with E-state index in [1.54, 1.807) is 0 Å². The Bertz CT molecular complexity index is 2270. The van der Waals surface area contributed by atoms with Crippen molar-refractivity contribution in [1.29, 1.82) is 0 Å². The Morgan fingerprint density at radius 3 is 1.94 bits per heavy atom. The summed E-state index contributed by atoms with van der Waals surface area (Å²) in [6.07, 6.45) is -25.1. The number of aliphatic hydroxyl groups excluding tert-OH is 10. The van der Waals surface area contributed by atoms with Gasteiger partial charge in [0.1, 0.15) is 90.8 Å². The van der Waals surface area contributed by atoms with Crippen molar-refractivity contribution in [3.63, 3.8) is 0 Å². The van der Waals surface area contributed by atoms with Crippen molar-refractivity contribution in [2.45, 2.75) is 98.2 Å². The summed E-state index contributed by atoms with van der Waals surface area (Å²) < 4.78 is 50.4. The highest BCUT2D eigenvalue weighted by Gasteiger charge is 2.53. The van der Waals surface area contributed by atoms with Crippen LogP contribution in [0.1, 0.15) is 22.8 Å². The van der Waals surface area contributed by atoms with Crippen LogP contribution in [-0.2, 0) is 33.2 Å². The van der Waals surface area contributed by atoms with Gasteiger partial charge in [-0.05, 0) is 42.0 Å². The maximum absolute atomic E-state index is 12.9. The number of ether oxygens (including phenoxy) is 9. The van der Waals surface area contributed by atoms with Gasteiger partial charge in [0.05, 0.1) is 32.0 Å². The lowest BCUT2D eigenvalue weighted by Gasteiger charge is -2.46. The predicted molar refractivity (Wildman–Crippen MR) is 220 cm³/mol. The van der Waals surface area contributed by atoms with E-state index in [1.807, 2.05) is 0 Å². The lowest BCUT2D eigenvalue weighted by Crippen LogP contribution is -2.64. The first-order chi connectivity index (χ1) is 31.9. The molecule has 366 valence electrons. The number of esters is 1. The minimum atomic E-state index is -2.07. The number of benzene rings is 3. The number of phenols is 4. The van der Waals surface area contributed by atoms with Crippen molar-refractivity contribution in [3.8, 4) is 40.2 Å². The van der Waals surface area contributed by atoms with Crippen LogP contribution in [0.5, 0.6) is 40.2 Å². The molecule has 0 aliphatic carbocycles. The summed E-state index contributed by atoms with van der Waals surface area (Å²) in [5.74, 6) is -3.11. The van der Waals surface area contributed by atoms with Gasteiger partial charge in [-0.15, -0.1) is 0 Å². The first-order valence-electron chi connectivity index (χ1n) is 20.6. The zero-order valence-corrected chi connectivity index (χ0v) is 35.1. The van der Waals surface area contributed by atoms with Crippen molar-refractivity contribution in [1.82, 2.24) is 0 Å². The molecule has 0 amide bonds. The molecule has 0 bridgehead atoms. The number of aliphatic hydroxyl groups is 11. The Morgan fingerprint density at radius 1 is 0.657 bits per heavy atom. The number of methoxy groups -OCH3 is 1. The largest absolute Gasteiger partial charge is 0.571 e. The summed E-state index contributed by atoms with van der Waals surface area (Å²) in [5, 5.41) is 147. The van der Waals surface area contributed by atoms with Crippen molar-refractivity contribution in [3.05, 3.63) is 77.1 Å². The molecular formula is C43H51O24+. The molecule has 24 nitrogen and oxygen atoms in total. The van der Waals surface area contributed by atoms with Gasteiger partial charge in [-0.2, -0.15) is 0 Å². The van der Waals surface area contributed by atoms with Crippen LogP contribution in [0, 0.1) is 0 Å². The lowest BCUT2D eigenvalue weighted by molar-refractivity contribution is -0.364. The molecule has 3 saturated heterocycles. The highest BCUT2D eigenvalue weighted by molar-refractivity contribution is 5.87. The second-order valence-corrected chi connectivity index (χ2v) is 15.9. The lowest BCUT2D eigenvalue weighted by atomic mass is 9.97. The SMILES string of the molecule is COc1cc(C=CC(=O)OCC2OC(OC3=Cc4c(OC5OC(CO)C(O)C(O)C5O)cc(O)cc4[OH+]C3c3ccc(O)c(O)c3)C(OC3OC(CO)C(O)C(O)C3O)C(O)C2O)ccc1O. The number of fused-ring (bicyclic) bond motifs is 1. The van der Waals surface area contributed by atoms with Gasteiger partial charge in [-0.25, -0.2) is 4.79 Å². The minimum Gasteiger partial charge on any atom is -0.571 e. The smallest absolute Gasteiger partial charge is 0.330 e. The number of rotatable bonds is 14. The molecule has 4 aliphatic rings. The molecule has 4 aliphatic heterocycles. The van der Waals surface area contributed by atoms with Gasteiger partial charge >= 0.3 is 5.97 Å². The topological polar surface area (TPSA) is 387 Å². The Labute approximate surface area is 379 Å². The third kappa shape index (κ3) is 10.5. The van der Waals surface area contributed by atoms with Gasteiger partial charge in [0, 0.05) is 18.2 Å². The van der Waals surface area contributed by atoms with E-state index in [0.717, 1.165) is 24.3 Å². The molecule has 3 aromatic carbocycles. The summed E-state index contributed by atoms with van der Waals surface area (Å²) in [5.41, 5.74) is 0.535. The van der Waals surface area contributed by atoms with Crippen molar-refractivity contribution < 1.29 is 119 Å². The summed E-state index contributed by atoms with van der Waals surface area (Å²) in [6.45, 7) is -2.40. The number of carbonyl (C=O) groups excluding carboxylic acids is 1. The van der Waals surface area contributed by atoms with Crippen LogP contribution >= 0.6 is 0 Å². The standard InChI is InChI=1S/C43H50O24/c1-59-25-8-16(2-5-21(25)48)3-7-30(50)60-15-29-33(53)36(56)40(67-42-38(58)35(55)32(52)28(14-45)65-42)43(66-29)63-26-12-19-23(61-39(26)17-4-6-20(47)22(49)9-17)10-18(46)11-24(19)62-41-37(57)34(54)31(51)27(13-44)64-41/h2-12,27-29,31-49,51-58H,13-15H2,1H3/p+1. The molecule has 0 aromatic heterocycles. The molecule has 0 spiro atoms. The fourth-order valence-electron chi connectivity index (χ4n) is 7.63. The molecular weight excluding hydrogens is 900 g/mol. The summed E-state index contributed by atoms with van der Waals surface area (Å²) >= 11 is 0. The molecule has 67 heavy (non-hydrogen) atoms. The van der Waals surface area contributed by atoms with Crippen LogP contribution < -0.4 is 9.47 Å². The Hall–Kier alpha value is -5.55. The van der Waals surface area contributed by atoms with E-state index < -0.39 is 141 Å². The van der Waals surface area contributed by atoms with Crippen molar-refractivity contribution >= 4 is 18.1 Å². The quantitative estimate of drug-likeness (QED) is 0.0330. The highest BCUT2D eigenvalue weighted by Crippen LogP contribution is 2.47. The van der Waals surface area contributed by atoms with Gasteiger partial charge < -0.3 is 114 Å². The molecule has 24 heteroatoms.